The minimum atomic E-state index is -0.987. The predicted octanol–water partition coefficient (Wildman–Crippen LogP) is 2.38. The number of nitrogens with one attached hydrogen (secondary N) is 1. The number of amides is 1. The van der Waals surface area contributed by atoms with Gasteiger partial charge in [0, 0.05) is 22.9 Å². The Hall–Kier alpha value is -1.62. The van der Waals surface area contributed by atoms with Crippen molar-refractivity contribution in [2.24, 2.45) is 5.92 Å². The molecule has 0 aliphatic heterocycles. The van der Waals surface area contributed by atoms with Crippen molar-refractivity contribution in [2.75, 3.05) is 6.54 Å². The molecule has 1 heterocycles. The summed E-state index contributed by atoms with van der Waals surface area (Å²) < 4.78 is 0. The topological polar surface area (TPSA) is 66.4 Å². The molecule has 1 aliphatic rings. The fourth-order valence-corrected chi connectivity index (χ4v) is 2.53. The minimum Gasteiger partial charge on any atom is -0.478 e. The van der Waals surface area contributed by atoms with Gasteiger partial charge in [0.05, 0.1) is 5.56 Å². The van der Waals surface area contributed by atoms with E-state index in [9.17, 15) is 9.59 Å². The van der Waals surface area contributed by atoms with Crippen LogP contribution in [0.15, 0.2) is 17.5 Å². The molecule has 1 saturated carbocycles. The van der Waals surface area contributed by atoms with Gasteiger partial charge in [-0.15, -0.1) is 11.3 Å². The Balaban J connectivity index is 1.87. The number of thiophene rings is 1. The summed E-state index contributed by atoms with van der Waals surface area (Å²) >= 11 is 1.36. The average Bonchev–Trinajstić information content (AvgIpc) is 2.72. The fraction of sp³-hybridized carbons (Fsp3) is 0.385. The molecule has 96 valence electrons. The van der Waals surface area contributed by atoms with E-state index in [1.54, 1.807) is 11.4 Å². The Bertz CT molecular complexity index is 474. The quantitative estimate of drug-likeness (QED) is 0.803. The van der Waals surface area contributed by atoms with Crippen LogP contribution in [0.25, 0.3) is 6.08 Å². The van der Waals surface area contributed by atoms with Crippen LogP contribution >= 0.6 is 11.3 Å². The van der Waals surface area contributed by atoms with E-state index >= 15 is 0 Å². The summed E-state index contributed by atoms with van der Waals surface area (Å²) in [6.07, 6.45) is 6.24. The summed E-state index contributed by atoms with van der Waals surface area (Å²) in [5.74, 6) is -0.425. The number of rotatable bonds is 5. The molecule has 18 heavy (non-hydrogen) atoms. The molecule has 1 aliphatic carbocycles. The van der Waals surface area contributed by atoms with E-state index in [0.29, 0.717) is 11.5 Å². The summed E-state index contributed by atoms with van der Waals surface area (Å²) in [6, 6.07) is 1.71. The van der Waals surface area contributed by atoms with E-state index in [1.165, 1.54) is 36.7 Å². The highest BCUT2D eigenvalue weighted by Crippen LogP contribution is 2.25. The van der Waals surface area contributed by atoms with Gasteiger partial charge in [-0.25, -0.2) is 4.79 Å². The summed E-state index contributed by atoms with van der Waals surface area (Å²) in [7, 11) is 0. The van der Waals surface area contributed by atoms with Crippen LogP contribution in [-0.4, -0.2) is 23.5 Å². The van der Waals surface area contributed by atoms with Gasteiger partial charge in [-0.1, -0.05) is 6.42 Å². The fourth-order valence-electron chi connectivity index (χ4n) is 1.75. The number of aliphatic carboxylic acids is 1. The first-order valence-corrected chi connectivity index (χ1v) is 6.81. The number of carboxylic acid groups (broad SMARTS) is 1. The molecule has 0 saturated heterocycles. The molecular weight excluding hydrogens is 250 g/mol. The van der Waals surface area contributed by atoms with Gasteiger partial charge in [-0.05, 0) is 30.9 Å². The Morgan fingerprint density at radius 1 is 1.50 bits per heavy atom. The Morgan fingerprint density at radius 3 is 2.89 bits per heavy atom. The van der Waals surface area contributed by atoms with Crippen LogP contribution in [-0.2, 0) is 4.79 Å². The molecule has 1 aromatic heterocycles. The van der Waals surface area contributed by atoms with Gasteiger partial charge in [0.15, 0.2) is 0 Å². The standard InChI is InChI=1S/C13H15NO3S/c15-12(16)5-4-11-6-10(8-18-11)13(17)14-7-9-2-1-3-9/h4-6,8-9H,1-3,7H2,(H,14,17)(H,15,16). The van der Waals surface area contributed by atoms with Crippen molar-refractivity contribution in [3.05, 3.63) is 28.0 Å². The van der Waals surface area contributed by atoms with Crippen LogP contribution in [0.1, 0.15) is 34.5 Å². The molecule has 0 radical (unpaired) electrons. The Morgan fingerprint density at radius 2 is 2.28 bits per heavy atom. The van der Waals surface area contributed by atoms with E-state index in [0.717, 1.165) is 17.5 Å². The molecule has 0 bridgehead atoms. The molecule has 0 atom stereocenters. The lowest BCUT2D eigenvalue weighted by Gasteiger charge is -2.25. The third kappa shape index (κ3) is 3.43. The Kier molecular flexibility index (Phi) is 4.15. The second-order valence-corrected chi connectivity index (χ2v) is 5.36. The smallest absolute Gasteiger partial charge is 0.328 e. The second-order valence-electron chi connectivity index (χ2n) is 4.42. The van der Waals surface area contributed by atoms with Crippen molar-refractivity contribution in [3.8, 4) is 0 Å². The molecule has 5 heteroatoms. The van der Waals surface area contributed by atoms with Gasteiger partial charge in [0.2, 0.25) is 0 Å². The number of hydrogen-bond donors (Lipinski definition) is 2. The van der Waals surface area contributed by atoms with Crippen molar-refractivity contribution < 1.29 is 14.7 Å². The highest BCUT2D eigenvalue weighted by molar-refractivity contribution is 7.11. The number of hydrogen-bond acceptors (Lipinski definition) is 3. The van der Waals surface area contributed by atoms with Crippen molar-refractivity contribution >= 4 is 29.3 Å². The Labute approximate surface area is 109 Å². The maximum absolute atomic E-state index is 11.8. The lowest BCUT2D eigenvalue weighted by molar-refractivity contribution is -0.131. The molecule has 2 N–H and O–H groups in total. The van der Waals surface area contributed by atoms with Crippen molar-refractivity contribution in [1.82, 2.24) is 5.32 Å². The van der Waals surface area contributed by atoms with Gasteiger partial charge >= 0.3 is 5.97 Å². The van der Waals surface area contributed by atoms with Crippen LogP contribution in [0.4, 0.5) is 0 Å². The van der Waals surface area contributed by atoms with E-state index in [4.69, 9.17) is 5.11 Å². The van der Waals surface area contributed by atoms with Gasteiger partial charge in [0.25, 0.3) is 5.91 Å². The summed E-state index contributed by atoms with van der Waals surface area (Å²) in [6.45, 7) is 0.745. The zero-order chi connectivity index (χ0) is 13.0. The third-order valence-electron chi connectivity index (χ3n) is 3.05. The molecule has 1 aromatic rings. The van der Waals surface area contributed by atoms with Gasteiger partial charge in [0.1, 0.15) is 0 Å². The summed E-state index contributed by atoms with van der Waals surface area (Å²) in [4.78, 5) is 22.9. The van der Waals surface area contributed by atoms with E-state index in [2.05, 4.69) is 5.32 Å². The van der Waals surface area contributed by atoms with Crippen LogP contribution in [0.5, 0.6) is 0 Å². The first kappa shape index (κ1) is 12.8. The van der Waals surface area contributed by atoms with Crippen LogP contribution in [0.2, 0.25) is 0 Å². The maximum Gasteiger partial charge on any atom is 0.328 e. The minimum absolute atomic E-state index is 0.0758. The zero-order valence-electron chi connectivity index (χ0n) is 9.89. The monoisotopic (exact) mass is 265 g/mol. The first-order chi connectivity index (χ1) is 8.65. The van der Waals surface area contributed by atoms with E-state index in [1.807, 2.05) is 0 Å². The molecule has 0 spiro atoms. The van der Waals surface area contributed by atoms with E-state index in [-0.39, 0.29) is 5.91 Å². The van der Waals surface area contributed by atoms with Crippen LogP contribution in [0.3, 0.4) is 0 Å². The molecule has 4 nitrogen and oxygen atoms in total. The van der Waals surface area contributed by atoms with Crippen LogP contribution in [0, 0.1) is 5.92 Å². The lowest BCUT2D eigenvalue weighted by Crippen LogP contribution is -2.31. The molecule has 2 rings (SSSR count). The molecular formula is C13H15NO3S. The maximum atomic E-state index is 11.8. The predicted molar refractivity (Wildman–Crippen MR) is 70.7 cm³/mol. The van der Waals surface area contributed by atoms with E-state index < -0.39 is 5.97 Å². The molecule has 0 unspecified atom stereocenters. The SMILES string of the molecule is O=C(O)C=Cc1cc(C(=O)NCC2CCC2)cs1. The average molecular weight is 265 g/mol. The van der Waals surface area contributed by atoms with Gasteiger partial charge in [-0.3, -0.25) is 4.79 Å². The van der Waals surface area contributed by atoms with Crippen molar-refractivity contribution in [3.63, 3.8) is 0 Å². The molecule has 1 fully saturated rings. The van der Waals surface area contributed by atoms with Gasteiger partial charge in [-0.2, -0.15) is 0 Å². The number of carbonyl (C=O) groups excluding carboxylic acids is 1. The molecule has 0 aromatic carbocycles. The van der Waals surface area contributed by atoms with Crippen molar-refractivity contribution in [1.29, 1.82) is 0 Å². The molecule has 1 amide bonds. The first-order valence-electron chi connectivity index (χ1n) is 5.93. The third-order valence-corrected chi connectivity index (χ3v) is 3.95. The highest BCUT2D eigenvalue weighted by atomic mass is 32.1. The number of carbonyl (C=O) groups is 2. The van der Waals surface area contributed by atoms with Gasteiger partial charge < -0.3 is 10.4 Å². The zero-order valence-corrected chi connectivity index (χ0v) is 10.7. The lowest BCUT2D eigenvalue weighted by atomic mass is 9.85. The normalized spacial score (nSPS) is 15.6. The second kappa shape index (κ2) is 5.82. The summed E-state index contributed by atoms with van der Waals surface area (Å²) in [5.41, 5.74) is 0.601. The van der Waals surface area contributed by atoms with Crippen LogP contribution < -0.4 is 5.32 Å². The number of carboxylic acids is 1. The highest BCUT2D eigenvalue weighted by Gasteiger charge is 2.18. The van der Waals surface area contributed by atoms with Crippen molar-refractivity contribution in [2.45, 2.75) is 19.3 Å². The summed E-state index contributed by atoms with van der Waals surface area (Å²) in [5, 5.41) is 13.2. The largest absolute Gasteiger partial charge is 0.478 e.